The SMILES string of the molecule is CC1(C)Cc2cc(C3(O)CC3)cc(Br)c2O1. The Morgan fingerprint density at radius 3 is 2.62 bits per heavy atom. The number of ether oxygens (including phenoxy) is 1. The fraction of sp³-hybridized carbons (Fsp3) is 0.538. The molecule has 1 aliphatic heterocycles. The van der Waals surface area contributed by atoms with E-state index in [-0.39, 0.29) is 5.60 Å². The third kappa shape index (κ3) is 1.57. The first-order valence-corrected chi connectivity index (χ1v) is 6.43. The van der Waals surface area contributed by atoms with Crippen molar-refractivity contribution in [2.24, 2.45) is 0 Å². The lowest BCUT2D eigenvalue weighted by molar-refractivity contribution is 0.137. The van der Waals surface area contributed by atoms with Gasteiger partial charge < -0.3 is 9.84 Å². The highest BCUT2D eigenvalue weighted by atomic mass is 79.9. The summed E-state index contributed by atoms with van der Waals surface area (Å²) in [5, 5.41) is 10.1. The van der Waals surface area contributed by atoms with E-state index in [0.29, 0.717) is 0 Å². The van der Waals surface area contributed by atoms with Crippen LogP contribution < -0.4 is 4.74 Å². The van der Waals surface area contributed by atoms with E-state index in [0.717, 1.165) is 35.0 Å². The predicted molar refractivity (Wildman–Crippen MR) is 65.7 cm³/mol. The largest absolute Gasteiger partial charge is 0.486 e. The van der Waals surface area contributed by atoms with Crippen molar-refractivity contribution in [2.75, 3.05) is 0 Å². The van der Waals surface area contributed by atoms with Crippen molar-refractivity contribution in [3.63, 3.8) is 0 Å². The summed E-state index contributed by atoms with van der Waals surface area (Å²) in [5.41, 5.74) is 1.54. The quantitative estimate of drug-likeness (QED) is 0.858. The van der Waals surface area contributed by atoms with Crippen LogP contribution in [0.3, 0.4) is 0 Å². The molecular weight excluding hydrogens is 268 g/mol. The molecule has 16 heavy (non-hydrogen) atoms. The number of halogens is 1. The van der Waals surface area contributed by atoms with Crippen LogP contribution in [-0.4, -0.2) is 10.7 Å². The molecule has 0 atom stereocenters. The average Bonchev–Trinajstić information content (AvgIpc) is 2.82. The summed E-state index contributed by atoms with van der Waals surface area (Å²) in [6, 6.07) is 4.09. The zero-order valence-electron chi connectivity index (χ0n) is 9.51. The lowest BCUT2D eigenvalue weighted by Crippen LogP contribution is -2.24. The summed E-state index contributed by atoms with van der Waals surface area (Å²) < 4.78 is 6.85. The van der Waals surface area contributed by atoms with Crippen LogP contribution in [0.5, 0.6) is 5.75 Å². The van der Waals surface area contributed by atoms with Crippen molar-refractivity contribution in [3.05, 3.63) is 27.7 Å². The van der Waals surface area contributed by atoms with Gasteiger partial charge in [-0.05, 0) is 65.9 Å². The molecular formula is C13H15BrO2. The van der Waals surface area contributed by atoms with Crippen molar-refractivity contribution in [3.8, 4) is 5.75 Å². The Morgan fingerprint density at radius 1 is 1.31 bits per heavy atom. The molecule has 0 spiro atoms. The minimum absolute atomic E-state index is 0.129. The molecule has 0 bridgehead atoms. The smallest absolute Gasteiger partial charge is 0.137 e. The molecule has 1 fully saturated rings. The number of aliphatic hydroxyl groups is 1. The molecule has 1 aromatic carbocycles. The monoisotopic (exact) mass is 282 g/mol. The van der Waals surface area contributed by atoms with Gasteiger partial charge in [-0.2, -0.15) is 0 Å². The normalized spacial score (nSPS) is 23.8. The maximum Gasteiger partial charge on any atom is 0.137 e. The summed E-state index contributed by atoms with van der Waals surface area (Å²) in [5.74, 6) is 0.943. The van der Waals surface area contributed by atoms with E-state index in [4.69, 9.17) is 4.74 Å². The van der Waals surface area contributed by atoms with Crippen LogP contribution in [0.15, 0.2) is 16.6 Å². The van der Waals surface area contributed by atoms with Crippen LogP contribution in [0.1, 0.15) is 37.8 Å². The van der Waals surface area contributed by atoms with Crippen molar-refractivity contribution >= 4 is 15.9 Å². The number of hydrogen-bond acceptors (Lipinski definition) is 2. The molecule has 0 unspecified atom stereocenters. The van der Waals surface area contributed by atoms with Crippen LogP contribution in [0.4, 0.5) is 0 Å². The van der Waals surface area contributed by atoms with Gasteiger partial charge in [-0.25, -0.2) is 0 Å². The Morgan fingerprint density at radius 2 is 2.00 bits per heavy atom. The first-order chi connectivity index (χ1) is 7.40. The Kier molecular flexibility index (Phi) is 2.00. The summed E-state index contributed by atoms with van der Waals surface area (Å²) >= 11 is 3.53. The third-order valence-electron chi connectivity index (χ3n) is 3.38. The van der Waals surface area contributed by atoms with E-state index in [1.807, 2.05) is 6.07 Å². The molecule has 0 saturated heterocycles. The molecule has 1 N–H and O–H groups in total. The molecule has 2 aliphatic rings. The van der Waals surface area contributed by atoms with E-state index < -0.39 is 5.60 Å². The number of rotatable bonds is 1. The minimum Gasteiger partial charge on any atom is -0.486 e. The second-order valence-corrected chi connectivity index (χ2v) is 6.37. The molecule has 1 aromatic rings. The molecule has 1 aliphatic carbocycles. The molecule has 0 radical (unpaired) electrons. The maximum atomic E-state index is 10.1. The Hall–Kier alpha value is -0.540. The lowest BCUT2D eigenvalue weighted by Gasteiger charge is -2.17. The first-order valence-electron chi connectivity index (χ1n) is 5.64. The summed E-state index contributed by atoms with van der Waals surface area (Å²) in [6.07, 6.45) is 2.66. The topological polar surface area (TPSA) is 29.5 Å². The van der Waals surface area contributed by atoms with Crippen LogP contribution in [0, 0.1) is 0 Å². The van der Waals surface area contributed by atoms with Gasteiger partial charge in [-0.3, -0.25) is 0 Å². The van der Waals surface area contributed by atoms with Crippen LogP contribution >= 0.6 is 15.9 Å². The summed E-state index contributed by atoms with van der Waals surface area (Å²) in [4.78, 5) is 0. The van der Waals surface area contributed by atoms with Crippen molar-refractivity contribution in [1.29, 1.82) is 0 Å². The molecule has 86 valence electrons. The second-order valence-electron chi connectivity index (χ2n) is 5.52. The third-order valence-corrected chi connectivity index (χ3v) is 3.97. The fourth-order valence-electron chi connectivity index (χ4n) is 2.34. The van der Waals surface area contributed by atoms with Crippen molar-refractivity contribution in [2.45, 2.75) is 44.3 Å². The van der Waals surface area contributed by atoms with Crippen molar-refractivity contribution < 1.29 is 9.84 Å². The Bertz CT molecular complexity index is 461. The Labute approximate surface area is 104 Å². The van der Waals surface area contributed by atoms with E-state index in [9.17, 15) is 5.11 Å². The van der Waals surface area contributed by atoms with Crippen LogP contribution in [0.25, 0.3) is 0 Å². The summed E-state index contributed by atoms with van der Waals surface area (Å²) in [6.45, 7) is 4.18. The average molecular weight is 283 g/mol. The van der Waals surface area contributed by atoms with Gasteiger partial charge >= 0.3 is 0 Å². The zero-order chi connectivity index (χ0) is 11.6. The molecule has 2 nitrogen and oxygen atoms in total. The standard InChI is InChI=1S/C13H15BrO2/c1-12(2)7-8-5-9(13(15)3-4-13)6-10(14)11(8)16-12/h5-6,15H,3-4,7H2,1-2H3. The fourth-order valence-corrected chi connectivity index (χ4v) is 2.92. The first kappa shape index (κ1) is 10.6. The van der Waals surface area contributed by atoms with E-state index >= 15 is 0 Å². The van der Waals surface area contributed by atoms with Gasteiger partial charge in [-0.15, -0.1) is 0 Å². The number of hydrogen-bond donors (Lipinski definition) is 1. The van der Waals surface area contributed by atoms with Gasteiger partial charge in [0, 0.05) is 6.42 Å². The molecule has 3 rings (SSSR count). The highest BCUT2D eigenvalue weighted by Gasteiger charge is 2.43. The van der Waals surface area contributed by atoms with Gasteiger partial charge in [0.1, 0.15) is 11.4 Å². The van der Waals surface area contributed by atoms with Gasteiger partial charge in [0.2, 0.25) is 0 Å². The van der Waals surface area contributed by atoms with E-state index in [1.54, 1.807) is 0 Å². The lowest BCUT2D eigenvalue weighted by atomic mass is 9.98. The van der Waals surface area contributed by atoms with E-state index in [1.165, 1.54) is 5.56 Å². The maximum absolute atomic E-state index is 10.1. The van der Waals surface area contributed by atoms with Gasteiger partial charge in [0.25, 0.3) is 0 Å². The van der Waals surface area contributed by atoms with Gasteiger partial charge in [-0.1, -0.05) is 0 Å². The molecule has 3 heteroatoms. The molecule has 1 heterocycles. The number of fused-ring (bicyclic) bond motifs is 1. The summed E-state index contributed by atoms with van der Waals surface area (Å²) in [7, 11) is 0. The zero-order valence-corrected chi connectivity index (χ0v) is 11.1. The highest BCUT2D eigenvalue weighted by Crippen LogP contribution is 2.49. The highest BCUT2D eigenvalue weighted by molar-refractivity contribution is 9.10. The van der Waals surface area contributed by atoms with Crippen LogP contribution in [0.2, 0.25) is 0 Å². The van der Waals surface area contributed by atoms with Crippen LogP contribution in [-0.2, 0) is 12.0 Å². The number of benzene rings is 1. The predicted octanol–water partition coefficient (Wildman–Crippen LogP) is 3.14. The Balaban J connectivity index is 2.07. The second kappa shape index (κ2) is 3.02. The molecule has 0 amide bonds. The molecule has 0 aromatic heterocycles. The minimum atomic E-state index is -0.565. The molecule has 1 saturated carbocycles. The van der Waals surface area contributed by atoms with Gasteiger partial charge in [0.05, 0.1) is 10.1 Å². The van der Waals surface area contributed by atoms with Gasteiger partial charge in [0.15, 0.2) is 0 Å². The van der Waals surface area contributed by atoms with E-state index in [2.05, 4.69) is 35.8 Å². The van der Waals surface area contributed by atoms with Crippen molar-refractivity contribution in [1.82, 2.24) is 0 Å².